The lowest BCUT2D eigenvalue weighted by molar-refractivity contribution is 0.0947. The monoisotopic (exact) mass is 334 g/mol. The number of rotatable bonds is 8. The third kappa shape index (κ3) is 6.09. The molecule has 0 saturated carbocycles. The second-order valence-corrected chi connectivity index (χ2v) is 6.44. The molecule has 0 atom stereocenters. The van der Waals surface area contributed by atoms with Gasteiger partial charge in [0.1, 0.15) is 0 Å². The van der Waals surface area contributed by atoms with Crippen molar-refractivity contribution in [2.45, 2.75) is 33.3 Å². The van der Waals surface area contributed by atoms with E-state index in [1.807, 2.05) is 13.8 Å². The van der Waals surface area contributed by atoms with Gasteiger partial charge in [-0.2, -0.15) is 0 Å². The summed E-state index contributed by atoms with van der Waals surface area (Å²) in [5, 5.41) is 2.96. The predicted molar refractivity (Wildman–Crippen MR) is 95.5 cm³/mol. The number of piperazine rings is 1. The van der Waals surface area contributed by atoms with Gasteiger partial charge in [0.15, 0.2) is 0 Å². The van der Waals surface area contributed by atoms with Crippen molar-refractivity contribution in [3.05, 3.63) is 23.9 Å². The number of amides is 1. The summed E-state index contributed by atoms with van der Waals surface area (Å²) in [5.74, 6) is 0.474. The quantitative estimate of drug-likeness (QED) is 0.732. The van der Waals surface area contributed by atoms with E-state index in [0.717, 1.165) is 45.7 Å². The standard InChI is InChI=1S/C18H30N4O2/c1-4-21-10-12-22(13-11-21)9-5-8-19-18(23)16-6-7-17(20-14-16)24-15(2)3/h6-7,14-15H,4-5,8-13H2,1-3H3,(H,19,23). The van der Waals surface area contributed by atoms with Crippen molar-refractivity contribution in [3.63, 3.8) is 0 Å². The summed E-state index contributed by atoms with van der Waals surface area (Å²) in [6.45, 7) is 13.5. The molecule has 0 radical (unpaired) electrons. The van der Waals surface area contributed by atoms with Crippen LogP contribution in [0.4, 0.5) is 0 Å². The van der Waals surface area contributed by atoms with Crippen molar-refractivity contribution in [3.8, 4) is 5.88 Å². The Morgan fingerprint density at radius 2 is 1.96 bits per heavy atom. The first-order chi connectivity index (χ1) is 11.6. The molecule has 0 bridgehead atoms. The number of hydrogen-bond acceptors (Lipinski definition) is 5. The highest BCUT2D eigenvalue weighted by molar-refractivity contribution is 5.93. The maximum absolute atomic E-state index is 12.1. The summed E-state index contributed by atoms with van der Waals surface area (Å²) in [6, 6.07) is 3.49. The Bertz CT molecular complexity index is 496. The number of pyridine rings is 1. The van der Waals surface area contributed by atoms with Crippen molar-refractivity contribution in [2.24, 2.45) is 0 Å². The van der Waals surface area contributed by atoms with Crippen molar-refractivity contribution < 1.29 is 9.53 Å². The van der Waals surface area contributed by atoms with Gasteiger partial charge in [-0.25, -0.2) is 4.98 Å². The van der Waals surface area contributed by atoms with Crippen LogP contribution in [-0.2, 0) is 0 Å². The minimum Gasteiger partial charge on any atom is -0.475 e. The van der Waals surface area contributed by atoms with Crippen LogP contribution in [-0.4, -0.2) is 72.6 Å². The summed E-state index contributed by atoms with van der Waals surface area (Å²) < 4.78 is 5.48. The zero-order valence-corrected chi connectivity index (χ0v) is 15.1. The predicted octanol–water partition coefficient (Wildman–Crippen LogP) is 1.63. The Kier molecular flexibility index (Phi) is 7.46. The topological polar surface area (TPSA) is 57.7 Å². The zero-order chi connectivity index (χ0) is 17.4. The van der Waals surface area contributed by atoms with Gasteiger partial charge in [-0.3, -0.25) is 4.79 Å². The van der Waals surface area contributed by atoms with Gasteiger partial charge in [0.25, 0.3) is 5.91 Å². The molecule has 0 spiro atoms. The van der Waals surface area contributed by atoms with Crippen LogP contribution >= 0.6 is 0 Å². The molecule has 134 valence electrons. The smallest absolute Gasteiger partial charge is 0.252 e. The zero-order valence-electron chi connectivity index (χ0n) is 15.1. The molecule has 0 unspecified atom stereocenters. The van der Waals surface area contributed by atoms with E-state index in [2.05, 4.69) is 27.0 Å². The molecule has 6 nitrogen and oxygen atoms in total. The third-order valence-electron chi connectivity index (χ3n) is 4.20. The molecule has 1 saturated heterocycles. The number of likely N-dealkylation sites (N-methyl/N-ethyl adjacent to an activating group) is 1. The van der Waals surface area contributed by atoms with Crippen LogP contribution in [0.3, 0.4) is 0 Å². The van der Waals surface area contributed by atoms with Crippen LogP contribution in [0.15, 0.2) is 18.3 Å². The van der Waals surface area contributed by atoms with Crippen LogP contribution in [0, 0.1) is 0 Å². The Labute approximate surface area is 145 Å². The second kappa shape index (κ2) is 9.59. The minimum absolute atomic E-state index is 0.0746. The van der Waals surface area contributed by atoms with Gasteiger partial charge in [0.2, 0.25) is 5.88 Å². The fourth-order valence-electron chi connectivity index (χ4n) is 2.76. The molecule has 1 N–H and O–H groups in total. The summed E-state index contributed by atoms with van der Waals surface area (Å²) in [5.41, 5.74) is 0.572. The van der Waals surface area contributed by atoms with Crippen LogP contribution in [0.2, 0.25) is 0 Å². The lowest BCUT2D eigenvalue weighted by atomic mass is 10.2. The summed E-state index contributed by atoms with van der Waals surface area (Å²) in [7, 11) is 0. The highest BCUT2D eigenvalue weighted by Crippen LogP contribution is 2.09. The second-order valence-electron chi connectivity index (χ2n) is 6.44. The van der Waals surface area contributed by atoms with Crippen molar-refractivity contribution in [2.75, 3.05) is 45.8 Å². The Hall–Kier alpha value is -1.66. The normalized spacial score (nSPS) is 16.3. The summed E-state index contributed by atoms with van der Waals surface area (Å²) >= 11 is 0. The number of carbonyl (C=O) groups is 1. The molecule has 1 aliphatic rings. The van der Waals surface area contributed by atoms with Crippen LogP contribution < -0.4 is 10.1 Å². The molecule has 24 heavy (non-hydrogen) atoms. The molecule has 1 fully saturated rings. The lowest BCUT2D eigenvalue weighted by Crippen LogP contribution is -2.46. The number of aromatic nitrogens is 1. The Balaban J connectivity index is 1.64. The van der Waals surface area contributed by atoms with Crippen molar-refractivity contribution in [1.29, 1.82) is 0 Å². The SMILES string of the molecule is CCN1CCN(CCCNC(=O)c2ccc(OC(C)C)nc2)CC1. The molecule has 1 amide bonds. The molecule has 0 aliphatic carbocycles. The van der Waals surface area contributed by atoms with E-state index in [1.165, 1.54) is 0 Å². The first-order valence-corrected chi connectivity index (χ1v) is 8.94. The lowest BCUT2D eigenvalue weighted by Gasteiger charge is -2.33. The first kappa shape index (κ1) is 18.7. The van der Waals surface area contributed by atoms with E-state index < -0.39 is 0 Å². The number of nitrogens with one attached hydrogen (secondary N) is 1. The van der Waals surface area contributed by atoms with E-state index in [1.54, 1.807) is 18.3 Å². The molecule has 1 aliphatic heterocycles. The molecular formula is C18H30N4O2. The van der Waals surface area contributed by atoms with E-state index in [9.17, 15) is 4.79 Å². The molecule has 0 aromatic carbocycles. The number of carbonyl (C=O) groups excluding carboxylic acids is 1. The van der Waals surface area contributed by atoms with Gasteiger partial charge in [0, 0.05) is 45.0 Å². The van der Waals surface area contributed by atoms with Gasteiger partial charge >= 0.3 is 0 Å². The van der Waals surface area contributed by atoms with Gasteiger partial charge in [-0.1, -0.05) is 6.92 Å². The maximum atomic E-state index is 12.1. The van der Waals surface area contributed by atoms with Crippen molar-refractivity contribution in [1.82, 2.24) is 20.1 Å². The largest absolute Gasteiger partial charge is 0.475 e. The summed E-state index contributed by atoms with van der Waals surface area (Å²) in [4.78, 5) is 21.2. The molecule has 2 heterocycles. The minimum atomic E-state index is -0.0746. The maximum Gasteiger partial charge on any atom is 0.252 e. The molecule has 6 heteroatoms. The third-order valence-corrected chi connectivity index (χ3v) is 4.20. The number of nitrogens with zero attached hydrogens (tertiary/aromatic N) is 3. The summed E-state index contributed by atoms with van der Waals surface area (Å²) in [6.07, 6.45) is 2.62. The van der Waals surface area contributed by atoms with E-state index >= 15 is 0 Å². The Morgan fingerprint density at radius 1 is 1.25 bits per heavy atom. The van der Waals surface area contributed by atoms with Gasteiger partial charge < -0.3 is 19.9 Å². The van der Waals surface area contributed by atoms with Gasteiger partial charge in [-0.15, -0.1) is 0 Å². The highest BCUT2D eigenvalue weighted by Gasteiger charge is 2.14. The fraction of sp³-hybridized carbons (Fsp3) is 0.667. The molecule has 2 rings (SSSR count). The number of hydrogen-bond donors (Lipinski definition) is 1. The first-order valence-electron chi connectivity index (χ1n) is 8.94. The van der Waals surface area contributed by atoms with Crippen molar-refractivity contribution >= 4 is 5.91 Å². The van der Waals surface area contributed by atoms with Gasteiger partial charge in [-0.05, 0) is 39.4 Å². The fourth-order valence-corrected chi connectivity index (χ4v) is 2.76. The van der Waals surface area contributed by atoms with E-state index in [0.29, 0.717) is 18.0 Å². The van der Waals surface area contributed by atoms with E-state index in [4.69, 9.17) is 4.74 Å². The molecular weight excluding hydrogens is 304 g/mol. The van der Waals surface area contributed by atoms with Gasteiger partial charge in [0.05, 0.1) is 11.7 Å². The molecule has 1 aromatic rings. The van der Waals surface area contributed by atoms with Crippen LogP contribution in [0.25, 0.3) is 0 Å². The van der Waals surface area contributed by atoms with Crippen LogP contribution in [0.1, 0.15) is 37.6 Å². The average Bonchev–Trinajstić information content (AvgIpc) is 2.59. The van der Waals surface area contributed by atoms with Crippen LogP contribution in [0.5, 0.6) is 5.88 Å². The number of ether oxygens (including phenoxy) is 1. The highest BCUT2D eigenvalue weighted by atomic mass is 16.5. The average molecular weight is 334 g/mol. The van der Waals surface area contributed by atoms with E-state index in [-0.39, 0.29) is 12.0 Å². The molecule has 1 aromatic heterocycles. The Morgan fingerprint density at radius 3 is 2.54 bits per heavy atom.